The Balaban J connectivity index is 1.66. The number of rotatable bonds is 5. The first-order valence-electron chi connectivity index (χ1n) is 7.45. The third kappa shape index (κ3) is 4.23. The molecule has 2 aliphatic heterocycles. The predicted molar refractivity (Wildman–Crippen MR) is 73.4 cm³/mol. The molecule has 2 heterocycles. The van der Waals surface area contributed by atoms with E-state index in [0.29, 0.717) is 6.04 Å². The first kappa shape index (κ1) is 13.3. The number of hydrogen-bond acceptors (Lipinski definition) is 3. The maximum atomic E-state index is 3.51. The van der Waals surface area contributed by atoms with Crippen molar-refractivity contribution < 1.29 is 0 Å². The minimum absolute atomic E-state index is 0.629. The summed E-state index contributed by atoms with van der Waals surface area (Å²) < 4.78 is 0. The van der Waals surface area contributed by atoms with Gasteiger partial charge in [-0.15, -0.1) is 0 Å². The Bertz CT molecular complexity index is 218. The predicted octanol–water partition coefficient (Wildman–Crippen LogP) is 1.54. The van der Waals surface area contributed by atoms with Gasteiger partial charge in [0.2, 0.25) is 0 Å². The van der Waals surface area contributed by atoms with Crippen LogP contribution < -0.4 is 5.32 Å². The van der Waals surface area contributed by atoms with E-state index in [0.717, 1.165) is 6.04 Å². The lowest BCUT2D eigenvalue weighted by Gasteiger charge is -2.25. The number of fused-ring (bicyclic) bond motifs is 1. The first-order chi connectivity index (χ1) is 8.25. The smallest absolute Gasteiger partial charge is 0.0223 e. The topological polar surface area (TPSA) is 18.5 Å². The quantitative estimate of drug-likeness (QED) is 0.734. The minimum Gasteiger partial charge on any atom is -0.314 e. The van der Waals surface area contributed by atoms with Crippen molar-refractivity contribution in [2.75, 3.05) is 39.3 Å². The highest BCUT2D eigenvalue weighted by atomic mass is 15.3. The highest BCUT2D eigenvalue weighted by Gasteiger charge is 2.28. The van der Waals surface area contributed by atoms with Gasteiger partial charge in [0.25, 0.3) is 0 Å². The number of nitrogens with zero attached hydrogens (tertiary/aromatic N) is 2. The molecule has 1 unspecified atom stereocenters. The highest BCUT2D eigenvalue weighted by Crippen LogP contribution is 2.21. The lowest BCUT2D eigenvalue weighted by Crippen LogP contribution is -2.37. The Morgan fingerprint density at radius 1 is 1.18 bits per heavy atom. The zero-order chi connectivity index (χ0) is 12.1. The van der Waals surface area contributed by atoms with E-state index in [1.165, 1.54) is 65.0 Å². The monoisotopic (exact) mass is 239 g/mol. The average molecular weight is 239 g/mol. The van der Waals surface area contributed by atoms with Crippen molar-refractivity contribution in [2.45, 2.75) is 51.6 Å². The van der Waals surface area contributed by atoms with E-state index in [2.05, 4.69) is 29.0 Å². The Hall–Kier alpha value is -0.120. The second-order valence-corrected chi connectivity index (χ2v) is 5.95. The van der Waals surface area contributed by atoms with Gasteiger partial charge in [-0.05, 0) is 58.4 Å². The standard InChI is InChI=1S/C14H29N3/c1-13(2)15-7-4-8-16-9-5-11-17-10-3-6-14(17)12-16/h13-15H,3-12H2,1-2H3. The van der Waals surface area contributed by atoms with Crippen molar-refractivity contribution in [1.29, 1.82) is 0 Å². The van der Waals surface area contributed by atoms with Gasteiger partial charge < -0.3 is 10.2 Å². The minimum atomic E-state index is 0.629. The Morgan fingerprint density at radius 2 is 2.00 bits per heavy atom. The van der Waals surface area contributed by atoms with Crippen LogP contribution in [0.5, 0.6) is 0 Å². The van der Waals surface area contributed by atoms with Gasteiger partial charge in [-0.2, -0.15) is 0 Å². The molecule has 3 heteroatoms. The molecule has 0 aromatic carbocycles. The van der Waals surface area contributed by atoms with Crippen LogP contribution in [-0.4, -0.2) is 61.2 Å². The lowest BCUT2D eigenvalue weighted by molar-refractivity contribution is 0.218. The third-order valence-electron chi connectivity index (χ3n) is 4.09. The fourth-order valence-electron chi connectivity index (χ4n) is 3.18. The molecule has 17 heavy (non-hydrogen) atoms. The summed E-state index contributed by atoms with van der Waals surface area (Å²) in [6.45, 7) is 12.2. The van der Waals surface area contributed by atoms with Gasteiger partial charge in [-0.1, -0.05) is 13.8 Å². The molecule has 100 valence electrons. The summed E-state index contributed by atoms with van der Waals surface area (Å²) in [7, 11) is 0. The lowest BCUT2D eigenvalue weighted by atomic mass is 10.2. The van der Waals surface area contributed by atoms with E-state index in [1.54, 1.807) is 0 Å². The molecule has 3 nitrogen and oxygen atoms in total. The number of nitrogens with one attached hydrogen (secondary N) is 1. The van der Waals surface area contributed by atoms with Gasteiger partial charge in [0.15, 0.2) is 0 Å². The van der Waals surface area contributed by atoms with Crippen LogP contribution >= 0.6 is 0 Å². The molecule has 0 bridgehead atoms. The molecule has 0 spiro atoms. The molecule has 1 N–H and O–H groups in total. The van der Waals surface area contributed by atoms with Crippen molar-refractivity contribution >= 4 is 0 Å². The molecule has 2 aliphatic rings. The molecule has 0 radical (unpaired) electrons. The highest BCUT2D eigenvalue weighted by molar-refractivity contribution is 4.84. The van der Waals surface area contributed by atoms with Crippen LogP contribution in [0.15, 0.2) is 0 Å². The molecule has 0 amide bonds. The van der Waals surface area contributed by atoms with E-state index in [1.807, 2.05) is 0 Å². The van der Waals surface area contributed by atoms with Crippen molar-refractivity contribution in [2.24, 2.45) is 0 Å². The van der Waals surface area contributed by atoms with Gasteiger partial charge in [0.1, 0.15) is 0 Å². The van der Waals surface area contributed by atoms with Crippen LogP contribution in [0.3, 0.4) is 0 Å². The van der Waals surface area contributed by atoms with Gasteiger partial charge in [-0.25, -0.2) is 0 Å². The van der Waals surface area contributed by atoms with Crippen LogP contribution in [0.1, 0.15) is 39.5 Å². The zero-order valence-electron chi connectivity index (χ0n) is 11.6. The molecule has 2 saturated heterocycles. The fourth-order valence-corrected chi connectivity index (χ4v) is 3.18. The fraction of sp³-hybridized carbons (Fsp3) is 1.00. The van der Waals surface area contributed by atoms with Crippen LogP contribution in [0.25, 0.3) is 0 Å². The van der Waals surface area contributed by atoms with E-state index in [9.17, 15) is 0 Å². The molecular formula is C14H29N3. The molecule has 1 atom stereocenters. The third-order valence-corrected chi connectivity index (χ3v) is 4.09. The Morgan fingerprint density at radius 3 is 2.82 bits per heavy atom. The zero-order valence-corrected chi connectivity index (χ0v) is 11.6. The summed E-state index contributed by atoms with van der Waals surface area (Å²) >= 11 is 0. The molecular weight excluding hydrogens is 210 g/mol. The summed E-state index contributed by atoms with van der Waals surface area (Å²) in [6, 6.07) is 1.50. The van der Waals surface area contributed by atoms with Crippen molar-refractivity contribution in [3.8, 4) is 0 Å². The van der Waals surface area contributed by atoms with E-state index < -0.39 is 0 Å². The van der Waals surface area contributed by atoms with Gasteiger partial charge >= 0.3 is 0 Å². The average Bonchev–Trinajstić information content (AvgIpc) is 2.63. The van der Waals surface area contributed by atoms with Crippen molar-refractivity contribution in [1.82, 2.24) is 15.1 Å². The Labute approximate surface area is 107 Å². The molecule has 2 fully saturated rings. The maximum Gasteiger partial charge on any atom is 0.0223 e. The molecule has 0 saturated carbocycles. The normalized spacial score (nSPS) is 27.4. The van der Waals surface area contributed by atoms with E-state index >= 15 is 0 Å². The van der Waals surface area contributed by atoms with Gasteiger partial charge in [0.05, 0.1) is 0 Å². The van der Waals surface area contributed by atoms with Crippen LogP contribution in [0.2, 0.25) is 0 Å². The van der Waals surface area contributed by atoms with Crippen molar-refractivity contribution in [3.63, 3.8) is 0 Å². The van der Waals surface area contributed by atoms with Gasteiger partial charge in [-0.3, -0.25) is 4.90 Å². The van der Waals surface area contributed by atoms with Crippen LogP contribution in [0.4, 0.5) is 0 Å². The SMILES string of the molecule is CC(C)NCCCN1CCCN2CCCC2C1. The number of hydrogen-bond donors (Lipinski definition) is 1. The van der Waals surface area contributed by atoms with E-state index in [4.69, 9.17) is 0 Å². The summed E-state index contributed by atoms with van der Waals surface area (Å²) in [5.41, 5.74) is 0. The molecule has 0 aromatic rings. The second-order valence-electron chi connectivity index (χ2n) is 5.95. The molecule has 0 aromatic heterocycles. The summed E-state index contributed by atoms with van der Waals surface area (Å²) in [6.07, 6.45) is 5.52. The first-order valence-corrected chi connectivity index (χ1v) is 7.45. The van der Waals surface area contributed by atoms with Gasteiger partial charge in [0, 0.05) is 18.6 Å². The Kier molecular flexibility index (Phi) is 5.26. The van der Waals surface area contributed by atoms with Crippen molar-refractivity contribution in [3.05, 3.63) is 0 Å². The van der Waals surface area contributed by atoms with Crippen LogP contribution in [0, 0.1) is 0 Å². The van der Waals surface area contributed by atoms with Crippen LogP contribution in [-0.2, 0) is 0 Å². The molecule has 2 rings (SSSR count). The molecule has 0 aliphatic carbocycles. The summed E-state index contributed by atoms with van der Waals surface area (Å²) in [5, 5.41) is 3.51. The second kappa shape index (κ2) is 6.72. The maximum absolute atomic E-state index is 3.51. The largest absolute Gasteiger partial charge is 0.314 e. The summed E-state index contributed by atoms with van der Waals surface area (Å²) in [5.74, 6) is 0. The van der Waals surface area contributed by atoms with E-state index in [-0.39, 0.29) is 0 Å². The summed E-state index contributed by atoms with van der Waals surface area (Å²) in [4.78, 5) is 5.41.